The number of phenols is 1. The van der Waals surface area contributed by atoms with Gasteiger partial charge in [-0.3, -0.25) is 9.88 Å². The van der Waals surface area contributed by atoms with E-state index in [4.69, 9.17) is 4.74 Å². The van der Waals surface area contributed by atoms with Gasteiger partial charge in [0.2, 0.25) is 0 Å². The Morgan fingerprint density at radius 2 is 2.05 bits per heavy atom. The highest BCUT2D eigenvalue weighted by Gasteiger charge is 2.21. The molecule has 1 aromatic heterocycles. The number of hydrogen-bond acceptors (Lipinski definition) is 4. The van der Waals surface area contributed by atoms with E-state index in [1.54, 1.807) is 6.20 Å². The summed E-state index contributed by atoms with van der Waals surface area (Å²) < 4.78 is 5.37. The third-order valence-electron chi connectivity index (χ3n) is 3.82. The molecule has 19 heavy (non-hydrogen) atoms. The van der Waals surface area contributed by atoms with E-state index in [1.807, 2.05) is 24.3 Å². The molecule has 0 radical (unpaired) electrons. The van der Waals surface area contributed by atoms with Crippen molar-refractivity contribution in [2.75, 3.05) is 26.3 Å². The van der Waals surface area contributed by atoms with Gasteiger partial charge >= 0.3 is 0 Å². The van der Waals surface area contributed by atoms with Crippen LogP contribution in [0.5, 0.6) is 5.75 Å². The van der Waals surface area contributed by atoms with E-state index in [2.05, 4.69) is 16.8 Å². The van der Waals surface area contributed by atoms with E-state index in [-0.39, 0.29) is 6.04 Å². The molecule has 1 aliphatic rings. The second kappa shape index (κ2) is 5.15. The average molecular weight is 258 g/mol. The molecule has 0 spiro atoms. The van der Waals surface area contributed by atoms with Crippen LogP contribution in [0.4, 0.5) is 0 Å². The molecule has 1 aromatic carbocycles. The normalized spacial score (nSPS) is 18.6. The van der Waals surface area contributed by atoms with Crippen LogP contribution in [-0.4, -0.2) is 41.3 Å². The largest absolute Gasteiger partial charge is 0.505 e. The highest BCUT2D eigenvalue weighted by molar-refractivity contribution is 5.85. The van der Waals surface area contributed by atoms with Crippen molar-refractivity contribution in [2.45, 2.75) is 13.0 Å². The van der Waals surface area contributed by atoms with Crippen molar-refractivity contribution in [1.29, 1.82) is 0 Å². The fourth-order valence-corrected chi connectivity index (χ4v) is 2.64. The Bertz CT molecular complexity index is 579. The van der Waals surface area contributed by atoms with Gasteiger partial charge in [0.1, 0.15) is 11.3 Å². The van der Waals surface area contributed by atoms with Gasteiger partial charge in [-0.2, -0.15) is 0 Å². The van der Waals surface area contributed by atoms with E-state index < -0.39 is 0 Å². The Labute approximate surface area is 112 Å². The van der Waals surface area contributed by atoms with Crippen molar-refractivity contribution < 1.29 is 9.84 Å². The van der Waals surface area contributed by atoms with Gasteiger partial charge < -0.3 is 9.84 Å². The van der Waals surface area contributed by atoms with Gasteiger partial charge in [-0.1, -0.05) is 18.2 Å². The lowest BCUT2D eigenvalue weighted by atomic mass is 10.0. The molecule has 1 N–H and O–H groups in total. The number of pyridine rings is 1. The molecule has 0 amide bonds. The molecule has 0 aliphatic carbocycles. The minimum absolute atomic E-state index is 0.176. The average Bonchev–Trinajstić information content (AvgIpc) is 2.48. The van der Waals surface area contributed by atoms with E-state index in [9.17, 15) is 5.11 Å². The van der Waals surface area contributed by atoms with Crippen molar-refractivity contribution in [2.24, 2.45) is 0 Å². The first kappa shape index (κ1) is 12.4. The summed E-state index contributed by atoms with van der Waals surface area (Å²) in [5.41, 5.74) is 1.62. The summed E-state index contributed by atoms with van der Waals surface area (Å²) in [6, 6.07) is 8.04. The number of benzene rings is 1. The number of morpholine rings is 1. The summed E-state index contributed by atoms with van der Waals surface area (Å²) in [7, 11) is 0. The highest BCUT2D eigenvalue weighted by atomic mass is 16.5. The van der Waals surface area contributed by atoms with Crippen molar-refractivity contribution in [3.63, 3.8) is 0 Å². The fourth-order valence-electron chi connectivity index (χ4n) is 2.64. The van der Waals surface area contributed by atoms with Gasteiger partial charge in [-0.15, -0.1) is 0 Å². The van der Waals surface area contributed by atoms with Crippen LogP contribution in [0.25, 0.3) is 10.9 Å². The summed E-state index contributed by atoms with van der Waals surface area (Å²) >= 11 is 0. The molecule has 4 heteroatoms. The Morgan fingerprint density at radius 3 is 2.84 bits per heavy atom. The summed E-state index contributed by atoms with van der Waals surface area (Å²) in [4.78, 5) is 6.60. The number of hydrogen-bond donors (Lipinski definition) is 1. The first-order valence-electron chi connectivity index (χ1n) is 6.66. The minimum Gasteiger partial charge on any atom is -0.505 e. The second-order valence-corrected chi connectivity index (χ2v) is 4.90. The molecule has 1 fully saturated rings. The maximum absolute atomic E-state index is 10.4. The lowest BCUT2D eigenvalue weighted by Gasteiger charge is -2.32. The number of fused-ring (bicyclic) bond motifs is 1. The summed E-state index contributed by atoms with van der Waals surface area (Å²) in [5, 5.41) is 11.4. The van der Waals surface area contributed by atoms with Crippen LogP contribution in [0.3, 0.4) is 0 Å². The molecule has 4 nitrogen and oxygen atoms in total. The molecule has 1 saturated heterocycles. The number of aromatic hydroxyl groups is 1. The van der Waals surface area contributed by atoms with Gasteiger partial charge in [0.15, 0.2) is 0 Å². The Hall–Kier alpha value is -1.65. The monoisotopic (exact) mass is 258 g/mol. The van der Waals surface area contributed by atoms with Crippen molar-refractivity contribution in [3.05, 3.63) is 36.0 Å². The van der Waals surface area contributed by atoms with Gasteiger partial charge in [0, 0.05) is 36.3 Å². The van der Waals surface area contributed by atoms with Gasteiger partial charge in [0.25, 0.3) is 0 Å². The SMILES string of the molecule is CC(c1ccc2cccnc2c1O)N1CCOCC1. The summed E-state index contributed by atoms with van der Waals surface area (Å²) in [6.07, 6.45) is 1.71. The first-order chi connectivity index (χ1) is 9.27. The maximum Gasteiger partial charge on any atom is 0.146 e. The van der Waals surface area contributed by atoms with Crippen molar-refractivity contribution in [3.8, 4) is 5.75 Å². The van der Waals surface area contributed by atoms with E-state index in [1.165, 1.54) is 0 Å². The van der Waals surface area contributed by atoms with Crippen LogP contribution in [0, 0.1) is 0 Å². The molecular weight excluding hydrogens is 240 g/mol. The number of nitrogens with zero attached hydrogens (tertiary/aromatic N) is 2. The van der Waals surface area contributed by atoms with Crippen LogP contribution in [0.2, 0.25) is 0 Å². The molecule has 3 rings (SSSR count). The second-order valence-electron chi connectivity index (χ2n) is 4.90. The van der Waals surface area contributed by atoms with E-state index in [0.29, 0.717) is 11.3 Å². The lowest BCUT2D eigenvalue weighted by molar-refractivity contribution is 0.0195. The van der Waals surface area contributed by atoms with E-state index >= 15 is 0 Å². The Kier molecular flexibility index (Phi) is 3.36. The molecular formula is C15H18N2O2. The number of aromatic nitrogens is 1. The van der Waals surface area contributed by atoms with Gasteiger partial charge in [-0.25, -0.2) is 0 Å². The number of rotatable bonds is 2. The molecule has 2 aromatic rings. The van der Waals surface area contributed by atoms with Crippen LogP contribution in [-0.2, 0) is 4.74 Å². The number of ether oxygens (including phenoxy) is 1. The lowest BCUT2D eigenvalue weighted by Crippen LogP contribution is -2.38. The van der Waals surface area contributed by atoms with Gasteiger partial charge in [0.05, 0.1) is 13.2 Å². The predicted octanol–water partition coefficient (Wildman–Crippen LogP) is 2.33. The predicted molar refractivity (Wildman–Crippen MR) is 74.2 cm³/mol. The molecule has 0 bridgehead atoms. The summed E-state index contributed by atoms with van der Waals surface area (Å²) in [6.45, 7) is 5.45. The zero-order valence-electron chi connectivity index (χ0n) is 11.0. The third kappa shape index (κ3) is 2.29. The number of phenolic OH excluding ortho intramolecular Hbond substituents is 1. The molecule has 1 atom stereocenters. The molecule has 1 unspecified atom stereocenters. The van der Waals surface area contributed by atoms with Crippen molar-refractivity contribution >= 4 is 10.9 Å². The minimum atomic E-state index is 0.176. The van der Waals surface area contributed by atoms with Crippen LogP contribution < -0.4 is 0 Å². The summed E-state index contributed by atoms with van der Waals surface area (Å²) in [5.74, 6) is 0.303. The Balaban J connectivity index is 1.97. The van der Waals surface area contributed by atoms with E-state index in [0.717, 1.165) is 37.3 Å². The molecule has 1 aliphatic heterocycles. The molecule has 2 heterocycles. The third-order valence-corrected chi connectivity index (χ3v) is 3.82. The molecule has 100 valence electrons. The smallest absolute Gasteiger partial charge is 0.146 e. The maximum atomic E-state index is 10.4. The van der Waals surface area contributed by atoms with Crippen LogP contribution in [0.1, 0.15) is 18.5 Å². The molecule has 0 saturated carbocycles. The first-order valence-corrected chi connectivity index (χ1v) is 6.66. The highest BCUT2D eigenvalue weighted by Crippen LogP contribution is 2.33. The topological polar surface area (TPSA) is 45.6 Å². The van der Waals surface area contributed by atoms with Gasteiger partial charge in [-0.05, 0) is 13.0 Å². The fraction of sp³-hybridized carbons (Fsp3) is 0.400. The standard InChI is InChI=1S/C15H18N2O2/c1-11(17-7-9-19-10-8-17)13-5-4-12-3-2-6-16-14(12)15(13)18/h2-6,11,18H,7-10H2,1H3. The van der Waals surface area contributed by atoms with Crippen LogP contribution >= 0.6 is 0 Å². The quantitative estimate of drug-likeness (QED) is 0.898. The Morgan fingerprint density at radius 1 is 1.26 bits per heavy atom. The van der Waals surface area contributed by atoms with Crippen molar-refractivity contribution in [1.82, 2.24) is 9.88 Å². The van der Waals surface area contributed by atoms with Crippen LogP contribution in [0.15, 0.2) is 30.5 Å². The zero-order valence-corrected chi connectivity index (χ0v) is 11.0. The zero-order chi connectivity index (χ0) is 13.2.